The van der Waals surface area contributed by atoms with Crippen molar-refractivity contribution >= 4 is 212 Å². The number of hydrogen-bond donors (Lipinski definition) is 0. The number of thiophene rings is 3. The van der Waals surface area contributed by atoms with Crippen LogP contribution in [0.3, 0.4) is 0 Å². The summed E-state index contributed by atoms with van der Waals surface area (Å²) < 4.78 is 14.4. The van der Waals surface area contributed by atoms with Gasteiger partial charge in [-0.3, -0.25) is 0 Å². The maximum atomic E-state index is 6.34. The molecule has 9 heteroatoms. The van der Waals surface area contributed by atoms with Crippen molar-refractivity contribution in [2.24, 2.45) is 0 Å². The number of para-hydroxylation sites is 3. The van der Waals surface area contributed by atoms with Gasteiger partial charge in [-0.05, 0) is 270 Å². The zero-order valence-corrected chi connectivity index (χ0v) is 74.9. The van der Waals surface area contributed by atoms with Crippen LogP contribution in [0, 0.1) is 0 Å². The lowest BCUT2D eigenvalue weighted by molar-refractivity contribution is 0.493. The van der Waals surface area contributed by atoms with Gasteiger partial charge in [0.15, 0.2) is 0 Å². The molecule has 3 aromatic heterocycles. The Kier molecular flexibility index (Phi) is 18.1. The van der Waals surface area contributed by atoms with Gasteiger partial charge in [0.1, 0.15) is 11.5 Å². The van der Waals surface area contributed by atoms with Gasteiger partial charge in [-0.2, -0.15) is 0 Å². The van der Waals surface area contributed by atoms with Crippen molar-refractivity contribution < 1.29 is 4.74 Å². The number of benzene rings is 21. The predicted molar refractivity (Wildman–Crippen MR) is 560 cm³/mol. The van der Waals surface area contributed by atoms with E-state index in [9.17, 15) is 0 Å². The maximum Gasteiger partial charge on any atom is 0.136 e. The van der Waals surface area contributed by atoms with E-state index in [0.717, 1.165) is 57.0 Å². The quantitative estimate of drug-likeness (QED) is 0.114. The minimum atomic E-state index is -0.0546. The summed E-state index contributed by atoms with van der Waals surface area (Å²) in [5.41, 5.74) is 25.7. The Bertz CT molecular complexity index is 8730. The van der Waals surface area contributed by atoms with Crippen molar-refractivity contribution in [3.8, 4) is 67.1 Å². The molecule has 0 spiro atoms. The second kappa shape index (κ2) is 30.7. The normalized spacial score (nSPS) is 12.8. The number of nitrogens with zero attached hydrogens (tertiary/aromatic N) is 3. The molecule has 612 valence electrons. The molecule has 4 nitrogen and oxygen atoms in total. The Labute approximate surface area is 773 Å². The van der Waals surface area contributed by atoms with Crippen LogP contribution in [0.4, 0.5) is 51.2 Å². The summed E-state index contributed by atoms with van der Waals surface area (Å²) >= 11 is 9.52. The smallest absolute Gasteiger partial charge is 0.136 e. The van der Waals surface area contributed by atoms with Gasteiger partial charge in [-0.15, -0.1) is 34.0 Å². The molecule has 3 aliphatic heterocycles. The minimum absolute atomic E-state index is 0.0546. The molecule has 0 fully saturated rings. The van der Waals surface area contributed by atoms with Gasteiger partial charge in [0.25, 0.3) is 0 Å². The first-order chi connectivity index (χ1) is 64.2. The molecule has 0 saturated carbocycles. The van der Waals surface area contributed by atoms with Crippen molar-refractivity contribution in [2.45, 2.75) is 38.8 Å². The largest absolute Gasteiger partial charge is 0.456 e. The van der Waals surface area contributed by atoms with Crippen LogP contribution in [0.15, 0.2) is 450 Å². The van der Waals surface area contributed by atoms with E-state index in [1.807, 2.05) is 57.5 Å². The molecule has 4 aliphatic rings. The summed E-state index contributed by atoms with van der Waals surface area (Å²) in [6.45, 7) is 4.70. The fraction of sp³-hybridized carbons (Fsp3) is 0.0248. The highest BCUT2D eigenvalue weighted by atomic mass is 32.2. The Morgan fingerprint density at radius 3 is 1.37 bits per heavy atom. The summed E-state index contributed by atoms with van der Waals surface area (Å²) in [6.07, 6.45) is 0. The first kappa shape index (κ1) is 76.5. The molecule has 0 radical (unpaired) electrons. The molecule has 6 heterocycles. The SMILES string of the molecule is CC1(C)c2ccccc2-c2ccc(N(c3ccccc3)c3ccc(-c4cc5sc6cccc7c6c5c5c(cccc45)S7)cc3)cc21.c1ccc(-c2ccc(N(c3ccccc3)c3cccc(-c4cc5c6c(c4)sc4ccc7cccc(c7c46)S5)c3)cc2)cc1.c1ccc(N(c2ccc(-c3cc4cccc5c4c4c3sc3cccc(c34)O5)cc2)c2ccc3ccccc3c2)cc1. The zero-order valence-electron chi connectivity index (χ0n) is 70.8. The average molecular weight is 1750 g/mol. The van der Waals surface area contributed by atoms with Crippen molar-refractivity contribution in [2.75, 3.05) is 14.7 Å². The van der Waals surface area contributed by atoms with Crippen LogP contribution in [-0.2, 0) is 5.41 Å². The molecule has 21 aromatic carbocycles. The van der Waals surface area contributed by atoms with Gasteiger partial charge in [0.2, 0.25) is 0 Å². The van der Waals surface area contributed by atoms with Gasteiger partial charge >= 0.3 is 0 Å². The summed E-state index contributed by atoms with van der Waals surface area (Å²) in [4.78, 5) is 12.5. The van der Waals surface area contributed by atoms with Crippen molar-refractivity contribution in [1.82, 2.24) is 0 Å². The van der Waals surface area contributed by atoms with Crippen LogP contribution < -0.4 is 19.4 Å². The van der Waals surface area contributed by atoms with E-state index >= 15 is 0 Å². The Balaban J connectivity index is 0.000000103. The highest BCUT2D eigenvalue weighted by molar-refractivity contribution is 8.00. The number of ether oxygens (including phenoxy) is 1. The molecule has 24 aromatic rings. The summed E-state index contributed by atoms with van der Waals surface area (Å²) in [6, 6.07) is 157. The molecule has 0 amide bonds. The van der Waals surface area contributed by atoms with E-state index in [2.05, 4.69) is 459 Å². The topological polar surface area (TPSA) is 19.0 Å². The third kappa shape index (κ3) is 12.6. The number of hydrogen-bond acceptors (Lipinski definition) is 9. The number of anilines is 9. The monoisotopic (exact) mass is 1750 g/mol. The lowest BCUT2D eigenvalue weighted by Crippen LogP contribution is -2.16. The predicted octanol–water partition coefficient (Wildman–Crippen LogP) is 37.2. The van der Waals surface area contributed by atoms with Crippen molar-refractivity contribution in [3.63, 3.8) is 0 Å². The highest BCUT2D eigenvalue weighted by Gasteiger charge is 2.37. The standard InChI is InChI=1S/C43H29NS2.C40H25NS2.C38H23NOS/c1-43(2)34-14-7-6-12-30(34)31-23-22-29(24-35(31)43)44(27-10-4-3-5-11-27)28-20-18-26(19-21-28)33-25-39-42-40-32(33)13-8-15-36(40)45-37-16-9-17-38(46-39)41(37)42;1-3-9-26(10-4-1)27-17-20-32(21-18-27)41(31-13-5-2-6-14-31)33-15-7-12-29(23-33)30-24-36-39-37(25-30)43-35-22-19-28-11-8-16-34(42-36)38(28)40(35)39;1-2-11-28(12-3-1)39(30-21-16-24-8-4-5-9-26(24)22-30)29-19-17-25(18-20-29)31-23-27-10-6-13-32-35(27)37-36-33(40-32)14-7-15-34(36)41-38(31)37/h3-25H,1-2H3;1-25H;1-23H. The van der Waals surface area contributed by atoms with Gasteiger partial charge < -0.3 is 19.4 Å². The molecule has 0 bridgehead atoms. The molecule has 28 rings (SSSR count). The number of fused-ring (bicyclic) bond motifs is 4. The molecular formula is C121H77N3OS5. The third-order valence-corrected chi connectivity index (χ3v) is 32.3. The van der Waals surface area contributed by atoms with Gasteiger partial charge in [0.05, 0.1) is 0 Å². The molecule has 130 heavy (non-hydrogen) atoms. The van der Waals surface area contributed by atoms with Crippen LogP contribution in [0.2, 0.25) is 0 Å². The molecule has 1 aliphatic carbocycles. The second-order valence-electron chi connectivity index (χ2n) is 34.5. The third-order valence-electron chi connectivity index (χ3n) is 26.6. The molecule has 0 atom stereocenters. The summed E-state index contributed by atoms with van der Waals surface area (Å²) in [5.74, 6) is 1.90. The fourth-order valence-electron chi connectivity index (χ4n) is 20.6. The highest BCUT2D eigenvalue weighted by Crippen LogP contribution is 2.59. The number of rotatable bonds is 13. The van der Waals surface area contributed by atoms with Crippen LogP contribution in [0.1, 0.15) is 25.0 Å². The van der Waals surface area contributed by atoms with E-state index < -0.39 is 0 Å². The van der Waals surface area contributed by atoms with Gasteiger partial charge in [-0.1, -0.05) is 286 Å². The Hall–Kier alpha value is -14.8. The second-order valence-corrected chi connectivity index (χ2v) is 39.9. The summed E-state index contributed by atoms with van der Waals surface area (Å²) in [5, 5.41) is 18.6. The van der Waals surface area contributed by atoms with E-state index in [-0.39, 0.29) is 5.41 Å². The van der Waals surface area contributed by atoms with Crippen LogP contribution in [0.5, 0.6) is 11.5 Å². The lowest BCUT2D eigenvalue weighted by Gasteiger charge is -2.28. The summed E-state index contributed by atoms with van der Waals surface area (Å²) in [7, 11) is 0. The zero-order chi connectivity index (χ0) is 85.8. The van der Waals surface area contributed by atoms with E-state index in [4.69, 9.17) is 4.74 Å². The van der Waals surface area contributed by atoms with E-state index in [1.165, 1.54) is 196 Å². The Morgan fingerprint density at radius 2 is 0.662 bits per heavy atom. The van der Waals surface area contributed by atoms with Crippen LogP contribution in [-0.4, -0.2) is 0 Å². The first-order valence-electron chi connectivity index (χ1n) is 44.2. The van der Waals surface area contributed by atoms with E-state index in [0.29, 0.717) is 0 Å². The van der Waals surface area contributed by atoms with Crippen molar-refractivity contribution in [3.05, 3.63) is 442 Å². The minimum Gasteiger partial charge on any atom is -0.456 e. The first-order valence-corrected chi connectivity index (χ1v) is 48.3. The molecular weight excluding hydrogens is 1670 g/mol. The fourth-order valence-corrected chi connectivity index (χ4v) is 26.8. The Morgan fingerprint density at radius 1 is 0.208 bits per heavy atom. The lowest BCUT2D eigenvalue weighted by atomic mass is 9.82. The van der Waals surface area contributed by atoms with Gasteiger partial charge in [-0.25, -0.2) is 0 Å². The average Bonchev–Trinajstić information content (AvgIpc) is 1.43. The maximum absolute atomic E-state index is 6.34. The van der Waals surface area contributed by atoms with Crippen molar-refractivity contribution in [1.29, 1.82) is 0 Å². The van der Waals surface area contributed by atoms with Crippen LogP contribution >= 0.6 is 57.5 Å². The van der Waals surface area contributed by atoms with E-state index in [1.54, 1.807) is 0 Å². The molecule has 0 saturated heterocycles. The van der Waals surface area contributed by atoms with Crippen LogP contribution in [0.25, 0.3) is 159 Å². The van der Waals surface area contributed by atoms with Gasteiger partial charge in [0, 0.05) is 158 Å². The molecule has 0 N–H and O–H groups in total. The molecule has 0 unspecified atom stereocenters.